The van der Waals surface area contributed by atoms with Gasteiger partial charge in [0.05, 0.1) is 0 Å². The van der Waals surface area contributed by atoms with Crippen molar-refractivity contribution in [2.45, 2.75) is 6.92 Å². The van der Waals surface area contributed by atoms with Crippen LogP contribution in [0, 0.1) is 5.41 Å². The van der Waals surface area contributed by atoms with Gasteiger partial charge in [-0.25, -0.2) is 4.99 Å². The second-order valence-corrected chi connectivity index (χ2v) is 3.06. The van der Waals surface area contributed by atoms with Crippen LogP contribution in [0.25, 0.3) is 0 Å². The summed E-state index contributed by atoms with van der Waals surface area (Å²) in [5.41, 5.74) is 3.42. The number of hydrogen-bond donors (Lipinski definition) is 2. The highest BCUT2D eigenvalue weighted by Gasteiger charge is 2.15. The quantitative estimate of drug-likeness (QED) is 0.385. The molecule has 1 rings (SSSR count). The van der Waals surface area contributed by atoms with E-state index in [0.717, 1.165) is 9.29 Å². The maximum absolute atomic E-state index is 7.09. The molecule has 0 aromatic carbocycles. The summed E-state index contributed by atoms with van der Waals surface area (Å²) in [5, 5.41) is 11.0. The summed E-state index contributed by atoms with van der Waals surface area (Å²) >= 11 is 2.06. The summed E-state index contributed by atoms with van der Waals surface area (Å²) in [6.45, 7) is 5.35. The van der Waals surface area contributed by atoms with Gasteiger partial charge in [0.15, 0.2) is 5.84 Å². The Morgan fingerprint density at radius 2 is 2.45 bits per heavy atom. The van der Waals surface area contributed by atoms with Gasteiger partial charge in [-0.1, -0.05) is 6.58 Å². The Hall–Kier alpha value is -0.720. The molecule has 11 heavy (non-hydrogen) atoms. The number of nitrogens with one attached hydrogen (secondary N) is 2. The molecule has 2 N–H and O–H groups in total. The molecule has 0 aromatic heterocycles. The van der Waals surface area contributed by atoms with Gasteiger partial charge in [0.2, 0.25) is 0 Å². The third kappa shape index (κ3) is 1.86. The Balaban J connectivity index is 2.83. The average molecular weight is 262 g/mol. The fourth-order valence-electron chi connectivity index (χ4n) is 0.595. The van der Waals surface area contributed by atoms with Gasteiger partial charge in [-0.05, 0) is 29.5 Å². The highest BCUT2D eigenvalue weighted by Crippen LogP contribution is 2.09. The molecule has 4 nitrogen and oxygen atoms in total. The van der Waals surface area contributed by atoms with E-state index in [0.29, 0.717) is 5.84 Å². The smallest absolute Gasteiger partial charge is 0.157 e. The molecule has 0 atom stereocenters. The zero-order valence-electron chi connectivity index (χ0n) is 5.98. The van der Waals surface area contributed by atoms with Gasteiger partial charge in [0.1, 0.15) is 9.55 Å². The summed E-state index contributed by atoms with van der Waals surface area (Å²) in [4.78, 5) is 3.88. The Bertz CT molecular complexity index is 276. The van der Waals surface area contributed by atoms with Crippen molar-refractivity contribution >= 4 is 38.0 Å². The maximum atomic E-state index is 7.09. The topological polar surface area (TPSA) is 60.6 Å². The van der Waals surface area contributed by atoms with Crippen molar-refractivity contribution in [3.05, 3.63) is 12.2 Å². The zero-order valence-corrected chi connectivity index (χ0v) is 8.14. The molecule has 0 amide bonds. The van der Waals surface area contributed by atoms with Crippen molar-refractivity contribution < 1.29 is 0 Å². The first kappa shape index (κ1) is 8.38. The summed E-state index contributed by atoms with van der Waals surface area (Å²) in [6, 6.07) is 0. The van der Waals surface area contributed by atoms with Crippen LogP contribution in [0.15, 0.2) is 22.2 Å². The van der Waals surface area contributed by atoms with Gasteiger partial charge in [0.25, 0.3) is 0 Å². The molecule has 0 bridgehead atoms. The van der Waals surface area contributed by atoms with Crippen LogP contribution in [0.1, 0.15) is 6.92 Å². The second kappa shape index (κ2) is 3.12. The van der Waals surface area contributed by atoms with Crippen LogP contribution in [-0.4, -0.2) is 15.4 Å². The third-order valence-corrected chi connectivity index (χ3v) is 1.97. The first-order chi connectivity index (χ1) is 5.11. The summed E-state index contributed by atoms with van der Waals surface area (Å²) in [5.74, 6) is 0.817. The molecule has 0 aromatic rings. The van der Waals surface area contributed by atoms with Gasteiger partial charge in [-0.3, -0.25) is 10.8 Å². The van der Waals surface area contributed by atoms with Gasteiger partial charge in [0, 0.05) is 5.57 Å². The monoisotopic (exact) mass is 262 g/mol. The summed E-state index contributed by atoms with van der Waals surface area (Å²) in [6.07, 6.45) is 0. The van der Waals surface area contributed by atoms with Gasteiger partial charge in [-0.2, -0.15) is 5.10 Å². The van der Waals surface area contributed by atoms with Gasteiger partial charge < -0.3 is 0 Å². The van der Waals surface area contributed by atoms with Crippen molar-refractivity contribution in [2.75, 3.05) is 0 Å². The highest BCUT2D eigenvalue weighted by atomic mass is 127. The lowest BCUT2D eigenvalue weighted by atomic mass is 10.3. The van der Waals surface area contributed by atoms with E-state index in [1.807, 2.05) is 0 Å². The van der Waals surface area contributed by atoms with Crippen LogP contribution in [-0.2, 0) is 0 Å². The van der Waals surface area contributed by atoms with E-state index in [9.17, 15) is 0 Å². The number of hydrogen-bond acceptors (Lipinski definition) is 2. The largest absolute Gasteiger partial charge is 0.287 e. The van der Waals surface area contributed by atoms with Crippen LogP contribution in [0.4, 0.5) is 0 Å². The number of nitrogens with zero attached hydrogens (tertiary/aromatic N) is 2. The van der Waals surface area contributed by atoms with E-state index in [1.165, 1.54) is 0 Å². The number of rotatable bonds is 0. The molecule has 5 heteroatoms. The molecule has 1 aliphatic heterocycles. The van der Waals surface area contributed by atoms with Crippen molar-refractivity contribution in [2.24, 2.45) is 10.1 Å². The van der Waals surface area contributed by atoms with Crippen molar-refractivity contribution in [3.8, 4) is 0 Å². The molecule has 0 fully saturated rings. The fourth-order valence-corrected chi connectivity index (χ4v) is 0.971. The summed E-state index contributed by atoms with van der Waals surface area (Å²) < 4.78 is 0.794. The lowest BCUT2D eigenvalue weighted by Crippen LogP contribution is -2.14. The van der Waals surface area contributed by atoms with E-state index >= 15 is 0 Å². The molecule has 0 saturated heterocycles. The SMILES string of the molecule is C=C1C(I)=NN/C1=N/C(C)=N. The molecule has 0 saturated carbocycles. The fraction of sp³-hybridized carbons (Fsp3) is 0.167. The van der Waals surface area contributed by atoms with E-state index < -0.39 is 0 Å². The molecule has 0 radical (unpaired) electrons. The highest BCUT2D eigenvalue weighted by molar-refractivity contribution is 14.1. The Kier molecular flexibility index (Phi) is 2.38. The summed E-state index contributed by atoms with van der Waals surface area (Å²) in [7, 11) is 0. The van der Waals surface area contributed by atoms with Crippen LogP contribution in [0.3, 0.4) is 0 Å². The molecule has 0 unspecified atom stereocenters. The molecular formula is C6H7IN4. The minimum Gasteiger partial charge on any atom is -0.287 e. The van der Waals surface area contributed by atoms with E-state index in [1.54, 1.807) is 6.92 Å². The molecule has 0 aliphatic carbocycles. The minimum atomic E-state index is 0.245. The molecule has 1 heterocycles. The third-order valence-electron chi connectivity index (χ3n) is 1.07. The molecule has 1 aliphatic rings. The number of hydrazone groups is 1. The molecular weight excluding hydrogens is 255 g/mol. The normalized spacial score (nSPS) is 20.0. The lowest BCUT2D eigenvalue weighted by molar-refractivity contribution is 1.06. The van der Waals surface area contributed by atoms with Crippen LogP contribution < -0.4 is 5.43 Å². The predicted molar refractivity (Wildman–Crippen MR) is 54.6 cm³/mol. The van der Waals surface area contributed by atoms with Gasteiger partial charge in [-0.15, -0.1) is 0 Å². The van der Waals surface area contributed by atoms with Crippen LogP contribution in [0.5, 0.6) is 0 Å². The number of aliphatic imine (C=N–C) groups is 1. The average Bonchev–Trinajstić information content (AvgIpc) is 2.18. The van der Waals surface area contributed by atoms with Crippen LogP contribution >= 0.6 is 22.6 Å². The lowest BCUT2D eigenvalue weighted by Gasteiger charge is -1.94. The Morgan fingerprint density at radius 1 is 1.82 bits per heavy atom. The first-order valence-electron chi connectivity index (χ1n) is 2.94. The van der Waals surface area contributed by atoms with Crippen molar-refractivity contribution in [1.82, 2.24) is 5.43 Å². The second-order valence-electron chi connectivity index (χ2n) is 2.04. The standard InChI is InChI=1S/C6H7IN4/c1-3-5(7)10-11-6(3)9-4(2)8/h1H2,2H3,(H2,8,9,11). The van der Waals surface area contributed by atoms with Crippen molar-refractivity contribution in [3.63, 3.8) is 0 Å². The first-order valence-corrected chi connectivity index (χ1v) is 4.02. The molecule has 0 spiro atoms. The van der Waals surface area contributed by atoms with Crippen molar-refractivity contribution in [1.29, 1.82) is 5.41 Å². The Labute approximate surface area is 78.1 Å². The van der Waals surface area contributed by atoms with E-state index in [2.05, 4.69) is 44.7 Å². The number of amidine groups is 2. The predicted octanol–water partition coefficient (Wildman–Crippen LogP) is 1.29. The van der Waals surface area contributed by atoms with Gasteiger partial charge >= 0.3 is 0 Å². The van der Waals surface area contributed by atoms with E-state index in [4.69, 9.17) is 5.41 Å². The van der Waals surface area contributed by atoms with Crippen LogP contribution in [0.2, 0.25) is 0 Å². The number of halogens is 1. The minimum absolute atomic E-state index is 0.245. The maximum Gasteiger partial charge on any atom is 0.157 e. The Morgan fingerprint density at radius 3 is 2.82 bits per heavy atom. The van der Waals surface area contributed by atoms with E-state index in [-0.39, 0.29) is 5.84 Å². The zero-order chi connectivity index (χ0) is 8.43. The molecule has 58 valence electrons.